The molecule has 112 valence electrons. The van der Waals surface area contributed by atoms with E-state index in [9.17, 15) is 4.79 Å². The van der Waals surface area contributed by atoms with E-state index in [-0.39, 0.29) is 5.91 Å². The molecule has 21 heavy (non-hydrogen) atoms. The van der Waals surface area contributed by atoms with E-state index in [4.69, 9.17) is 4.42 Å². The molecule has 2 aromatic rings. The van der Waals surface area contributed by atoms with Crippen LogP contribution in [0.1, 0.15) is 35.0 Å². The van der Waals surface area contributed by atoms with E-state index in [1.165, 1.54) is 6.26 Å². The van der Waals surface area contributed by atoms with E-state index >= 15 is 0 Å². The largest absolute Gasteiger partial charge is 0.448 e. The van der Waals surface area contributed by atoms with Crippen LogP contribution in [-0.2, 0) is 6.54 Å². The van der Waals surface area contributed by atoms with Gasteiger partial charge in [-0.15, -0.1) is 0 Å². The van der Waals surface area contributed by atoms with Gasteiger partial charge in [0.1, 0.15) is 12.1 Å². The Balaban J connectivity index is 1.65. The molecule has 1 aliphatic rings. The lowest BCUT2D eigenvalue weighted by Crippen LogP contribution is -2.41. The van der Waals surface area contributed by atoms with Gasteiger partial charge in [0.25, 0.3) is 5.91 Å². The van der Waals surface area contributed by atoms with Crippen LogP contribution in [0.3, 0.4) is 0 Å². The van der Waals surface area contributed by atoms with Gasteiger partial charge in [-0.1, -0.05) is 0 Å². The average molecular weight is 288 g/mol. The fourth-order valence-corrected chi connectivity index (χ4v) is 2.90. The molecule has 0 saturated carbocycles. The third-order valence-electron chi connectivity index (χ3n) is 4.02. The molecule has 1 aliphatic heterocycles. The number of aryl methyl sites for hydroxylation is 2. The highest BCUT2D eigenvalue weighted by atomic mass is 16.3. The monoisotopic (exact) mass is 288 g/mol. The van der Waals surface area contributed by atoms with Gasteiger partial charge in [-0.2, -0.15) is 0 Å². The Morgan fingerprint density at radius 1 is 1.48 bits per heavy atom. The van der Waals surface area contributed by atoms with Crippen LogP contribution in [0.2, 0.25) is 0 Å². The summed E-state index contributed by atoms with van der Waals surface area (Å²) in [6.45, 7) is 6.22. The number of rotatable bonds is 3. The summed E-state index contributed by atoms with van der Waals surface area (Å²) in [6.07, 6.45) is 7.43. The number of carbonyl (C=O) groups is 1. The van der Waals surface area contributed by atoms with Crippen molar-refractivity contribution in [2.75, 3.05) is 13.1 Å². The predicted molar refractivity (Wildman–Crippen MR) is 76.8 cm³/mol. The maximum atomic E-state index is 12.4. The van der Waals surface area contributed by atoms with Gasteiger partial charge in [0, 0.05) is 39.0 Å². The van der Waals surface area contributed by atoms with Crippen LogP contribution >= 0.6 is 0 Å². The smallest absolute Gasteiger partial charge is 0.275 e. The van der Waals surface area contributed by atoms with Crippen molar-refractivity contribution in [3.05, 3.63) is 36.1 Å². The van der Waals surface area contributed by atoms with Crippen LogP contribution in [-0.4, -0.2) is 38.4 Å². The maximum absolute atomic E-state index is 12.4. The molecule has 2 aromatic heterocycles. The second-order valence-electron chi connectivity index (χ2n) is 5.64. The minimum absolute atomic E-state index is 0.0288. The highest BCUT2D eigenvalue weighted by molar-refractivity contribution is 5.92. The predicted octanol–water partition coefficient (Wildman–Crippen LogP) is 2.04. The summed E-state index contributed by atoms with van der Waals surface area (Å²) in [6, 6.07) is 0. The average Bonchev–Trinajstić information content (AvgIpc) is 3.08. The molecule has 6 heteroatoms. The summed E-state index contributed by atoms with van der Waals surface area (Å²) < 4.78 is 7.28. The van der Waals surface area contributed by atoms with E-state index in [0.29, 0.717) is 17.5 Å². The van der Waals surface area contributed by atoms with Gasteiger partial charge >= 0.3 is 0 Å². The minimum atomic E-state index is -0.0288. The van der Waals surface area contributed by atoms with Crippen LogP contribution in [0.15, 0.2) is 23.1 Å². The zero-order valence-electron chi connectivity index (χ0n) is 12.5. The molecule has 0 aromatic carbocycles. The van der Waals surface area contributed by atoms with Gasteiger partial charge in [0.15, 0.2) is 11.6 Å². The Morgan fingerprint density at radius 3 is 3.00 bits per heavy atom. The Bertz CT molecular complexity index is 631. The third kappa shape index (κ3) is 2.99. The molecule has 1 saturated heterocycles. The molecular weight excluding hydrogens is 268 g/mol. The number of hydrogen-bond donors (Lipinski definition) is 0. The van der Waals surface area contributed by atoms with E-state index in [2.05, 4.69) is 14.5 Å². The molecule has 3 heterocycles. The van der Waals surface area contributed by atoms with E-state index in [0.717, 1.165) is 38.3 Å². The molecule has 1 fully saturated rings. The molecule has 1 amide bonds. The summed E-state index contributed by atoms with van der Waals surface area (Å²) in [7, 11) is 0. The van der Waals surface area contributed by atoms with Crippen molar-refractivity contribution < 1.29 is 9.21 Å². The lowest BCUT2D eigenvalue weighted by Gasteiger charge is -2.32. The van der Waals surface area contributed by atoms with Crippen molar-refractivity contribution in [3.63, 3.8) is 0 Å². The van der Waals surface area contributed by atoms with Crippen molar-refractivity contribution in [1.29, 1.82) is 0 Å². The Morgan fingerprint density at radius 2 is 2.33 bits per heavy atom. The van der Waals surface area contributed by atoms with Crippen molar-refractivity contribution in [1.82, 2.24) is 19.4 Å². The lowest BCUT2D eigenvalue weighted by atomic mass is 9.97. The molecule has 0 radical (unpaired) electrons. The van der Waals surface area contributed by atoms with Gasteiger partial charge in [-0.3, -0.25) is 4.79 Å². The zero-order chi connectivity index (χ0) is 14.8. The van der Waals surface area contributed by atoms with E-state index in [1.54, 1.807) is 6.92 Å². The lowest BCUT2D eigenvalue weighted by molar-refractivity contribution is 0.0656. The van der Waals surface area contributed by atoms with Crippen molar-refractivity contribution in [3.8, 4) is 0 Å². The van der Waals surface area contributed by atoms with Crippen LogP contribution < -0.4 is 0 Å². The standard InChI is InChI=1S/C15H20N4O2/c1-11-16-5-7-18(11)8-13-4-3-6-19(9-13)15(20)14-10-21-12(2)17-14/h5,7,10,13H,3-4,6,8-9H2,1-2H3/t13-/m1/s1. The molecule has 6 nitrogen and oxygen atoms in total. The number of imidazole rings is 1. The summed E-state index contributed by atoms with van der Waals surface area (Å²) in [5.41, 5.74) is 0.409. The van der Waals surface area contributed by atoms with E-state index in [1.807, 2.05) is 24.2 Å². The van der Waals surface area contributed by atoms with Gasteiger partial charge in [0.2, 0.25) is 0 Å². The van der Waals surface area contributed by atoms with Crippen LogP contribution in [0, 0.1) is 19.8 Å². The first-order chi connectivity index (χ1) is 10.1. The van der Waals surface area contributed by atoms with Gasteiger partial charge in [-0.25, -0.2) is 9.97 Å². The summed E-state index contributed by atoms with van der Waals surface area (Å²) in [5, 5.41) is 0. The first-order valence-electron chi connectivity index (χ1n) is 7.32. The fourth-order valence-electron chi connectivity index (χ4n) is 2.90. The normalized spacial score (nSPS) is 19.0. The molecule has 0 N–H and O–H groups in total. The Kier molecular flexibility index (Phi) is 3.77. The Hall–Kier alpha value is -2.11. The summed E-state index contributed by atoms with van der Waals surface area (Å²) in [5.74, 6) is 1.98. The first kappa shape index (κ1) is 13.9. The van der Waals surface area contributed by atoms with Gasteiger partial charge in [0.05, 0.1) is 0 Å². The quantitative estimate of drug-likeness (QED) is 0.867. The number of piperidine rings is 1. The molecule has 3 rings (SSSR count). The highest BCUT2D eigenvalue weighted by Crippen LogP contribution is 2.20. The number of oxazole rings is 1. The fraction of sp³-hybridized carbons (Fsp3) is 0.533. The first-order valence-corrected chi connectivity index (χ1v) is 7.32. The van der Waals surface area contributed by atoms with Gasteiger partial charge < -0.3 is 13.9 Å². The molecule has 1 atom stereocenters. The van der Waals surface area contributed by atoms with Crippen molar-refractivity contribution in [2.24, 2.45) is 5.92 Å². The Labute approximate surface area is 123 Å². The number of nitrogens with zero attached hydrogens (tertiary/aromatic N) is 4. The highest BCUT2D eigenvalue weighted by Gasteiger charge is 2.26. The number of carbonyl (C=O) groups excluding carboxylic acids is 1. The summed E-state index contributed by atoms with van der Waals surface area (Å²) in [4.78, 5) is 22.7. The molecule has 0 aliphatic carbocycles. The third-order valence-corrected chi connectivity index (χ3v) is 4.02. The zero-order valence-corrected chi connectivity index (χ0v) is 12.5. The second kappa shape index (κ2) is 5.71. The number of likely N-dealkylation sites (tertiary alicyclic amines) is 1. The second-order valence-corrected chi connectivity index (χ2v) is 5.64. The van der Waals surface area contributed by atoms with Crippen molar-refractivity contribution >= 4 is 5.91 Å². The summed E-state index contributed by atoms with van der Waals surface area (Å²) >= 11 is 0. The topological polar surface area (TPSA) is 64.2 Å². The number of hydrogen-bond acceptors (Lipinski definition) is 4. The van der Waals surface area contributed by atoms with Crippen molar-refractivity contribution in [2.45, 2.75) is 33.2 Å². The van der Waals surface area contributed by atoms with Crippen LogP contribution in [0.5, 0.6) is 0 Å². The maximum Gasteiger partial charge on any atom is 0.275 e. The molecular formula is C15H20N4O2. The molecule has 0 bridgehead atoms. The molecule has 0 spiro atoms. The SMILES string of the molecule is Cc1nc(C(=O)N2CCC[C@H](Cn3ccnc3C)C2)co1. The number of amides is 1. The van der Waals surface area contributed by atoms with Crippen LogP contribution in [0.4, 0.5) is 0 Å². The van der Waals surface area contributed by atoms with E-state index < -0.39 is 0 Å². The van der Waals surface area contributed by atoms with Gasteiger partial charge in [-0.05, 0) is 25.7 Å². The van der Waals surface area contributed by atoms with Crippen LogP contribution in [0.25, 0.3) is 0 Å². The number of aromatic nitrogens is 3. The molecule has 0 unspecified atom stereocenters. The minimum Gasteiger partial charge on any atom is -0.448 e.